The molecule has 32 heavy (non-hydrogen) atoms. The summed E-state index contributed by atoms with van der Waals surface area (Å²) in [7, 11) is 3.25. The van der Waals surface area contributed by atoms with E-state index < -0.39 is 0 Å². The highest BCUT2D eigenvalue weighted by atomic mass is 16.5. The van der Waals surface area contributed by atoms with Crippen molar-refractivity contribution in [1.82, 2.24) is 14.8 Å². The molecule has 174 valence electrons. The van der Waals surface area contributed by atoms with Gasteiger partial charge in [0.25, 0.3) is 0 Å². The molecule has 6 heteroatoms. The molecule has 2 fully saturated rings. The van der Waals surface area contributed by atoms with Gasteiger partial charge in [-0.3, -0.25) is 9.48 Å². The summed E-state index contributed by atoms with van der Waals surface area (Å²) >= 11 is 0. The molecule has 2 aromatic rings. The predicted molar refractivity (Wildman–Crippen MR) is 124 cm³/mol. The van der Waals surface area contributed by atoms with Crippen LogP contribution >= 0.6 is 0 Å². The largest absolute Gasteiger partial charge is 0.497 e. The second-order valence-electron chi connectivity index (χ2n) is 10.8. The second-order valence-corrected chi connectivity index (χ2v) is 10.8. The Kier molecular flexibility index (Phi) is 6.08. The first-order chi connectivity index (χ1) is 15.2. The Hall–Kier alpha value is -2.37. The lowest BCUT2D eigenvalue weighted by Crippen LogP contribution is -2.56. The van der Waals surface area contributed by atoms with Crippen molar-refractivity contribution in [1.29, 1.82) is 0 Å². The van der Waals surface area contributed by atoms with Crippen LogP contribution in [0.2, 0.25) is 0 Å². The summed E-state index contributed by atoms with van der Waals surface area (Å²) in [4.78, 5) is 18.4. The van der Waals surface area contributed by atoms with Gasteiger partial charge in [-0.2, -0.15) is 5.10 Å². The van der Waals surface area contributed by atoms with Gasteiger partial charge in [0.1, 0.15) is 24.2 Å². The van der Waals surface area contributed by atoms with Crippen LogP contribution in [-0.2, 0) is 6.54 Å². The molecule has 0 spiro atoms. The number of hydrogen-bond donors (Lipinski definition) is 0. The Balaban J connectivity index is 1.77. The standard InChI is InChI=1S/C26H37N3O3/c1-17-19(14-29-16-27-15-28-29)12-22-25(2,3)8-7-9-26(22,4)23(17)24(30)18-10-20(31-5)13-21(11-18)32-6/h10-11,13,15-17,19,22-23H,7-9,12,14H2,1-6H3. The van der Waals surface area contributed by atoms with Gasteiger partial charge in [0.2, 0.25) is 0 Å². The number of fused-ring (bicyclic) bond motifs is 1. The van der Waals surface area contributed by atoms with E-state index in [1.54, 1.807) is 26.9 Å². The van der Waals surface area contributed by atoms with E-state index in [1.807, 2.05) is 22.9 Å². The van der Waals surface area contributed by atoms with Crippen molar-refractivity contribution in [3.05, 3.63) is 36.4 Å². The third-order valence-corrected chi connectivity index (χ3v) is 8.60. The molecule has 2 saturated carbocycles. The van der Waals surface area contributed by atoms with Crippen LogP contribution in [0.1, 0.15) is 63.7 Å². The zero-order valence-corrected chi connectivity index (χ0v) is 20.3. The highest BCUT2D eigenvalue weighted by Crippen LogP contribution is 2.63. The smallest absolute Gasteiger partial charge is 0.167 e. The van der Waals surface area contributed by atoms with E-state index in [2.05, 4.69) is 37.8 Å². The normalized spacial score (nSPS) is 31.6. The summed E-state index contributed by atoms with van der Waals surface area (Å²) in [5.41, 5.74) is 0.856. The Bertz CT molecular complexity index is 933. The van der Waals surface area contributed by atoms with Crippen LogP contribution in [0.15, 0.2) is 30.9 Å². The maximum absolute atomic E-state index is 14.2. The number of methoxy groups -OCH3 is 2. The first-order valence-electron chi connectivity index (χ1n) is 11.8. The van der Waals surface area contributed by atoms with Crippen LogP contribution in [0.3, 0.4) is 0 Å². The number of nitrogens with zero attached hydrogens (tertiary/aromatic N) is 3. The van der Waals surface area contributed by atoms with Gasteiger partial charge in [-0.15, -0.1) is 0 Å². The number of hydrogen-bond acceptors (Lipinski definition) is 5. The average Bonchev–Trinajstić information content (AvgIpc) is 3.27. The summed E-state index contributed by atoms with van der Waals surface area (Å²) in [6, 6.07) is 5.55. The second kappa shape index (κ2) is 8.53. The van der Waals surface area contributed by atoms with Crippen molar-refractivity contribution in [3.63, 3.8) is 0 Å². The van der Waals surface area contributed by atoms with Crippen molar-refractivity contribution in [2.24, 2.45) is 34.5 Å². The molecule has 6 nitrogen and oxygen atoms in total. The van der Waals surface area contributed by atoms with E-state index in [9.17, 15) is 4.79 Å². The summed E-state index contributed by atoms with van der Waals surface area (Å²) in [6.07, 6.45) is 7.98. The third-order valence-electron chi connectivity index (χ3n) is 8.60. The highest BCUT2D eigenvalue weighted by molar-refractivity contribution is 5.99. The molecule has 0 aliphatic heterocycles. The Morgan fingerprint density at radius 1 is 1.12 bits per heavy atom. The van der Waals surface area contributed by atoms with E-state index in [1.165, 1.54) is 12.8 Å². The van der Waals surface area contributed by atoms with Crippen LogP contribution in [0.4, 0.5) is 0 Å². The molecule has 1 aromatic heterocycles. The van der Waals surface area contributed by atoms with Gasteiger partial charge in [-0.25, -0.2) is 4.98 Å². The fraction of sp³-hybridized carbons (Fsp3) is 0.654. The molecule has 1 aromatic carbocycles. The Morgan fingerprint density at radius 2 is 1.81 bits per heavy atom. The van der Waals surface area contributed by atoms with Crippen molar-refractivity contribution in [3.8, 4) is 11.5 Å². The number of aromatic nitrogens is 3. The minimum Gasteiger partial charge on any atom is -0.497 e. The van der Waals surface area contributed by atoms with Gasteiger partial charge in [-0.05, 0) is 60.0 Å². The Morgan fingerprint density at radius 3 is 2.41 bits per heavy atom. The van der Waals surface area contributed by atoms with E-state index in [4.69, 9.17) is 9.47 Å². The topological polar surface area (TPSA) is 66.2 Å². The lowest BCUT2D eigenvalue weighted by molar-refractivity contribution is -0.105. The number of carbonyl (C=O) groups is 1. The maximum atomic E-state index is 14.2. The minimum absolute atomic E-state index is 0.0343. The summed E-state index contributed by atoms with van der Waals surface area (Å²) in [5.74, 6) is 2.54. The van der Waals surface area contributed by atoms with E-state index in [0.29, 0.717) is 28.9 Å². The zero-order valence-electron chi connectivity index (χ0n) is 20.3. The number of benzene rings is 1. The van der Waals surface area contributed by atoms with Gasteiger partial charge in [-0.1, -0.05) is 34.1 Å². The van der Waals surface area contributed by atoms with Gasteiger partial charge in [0, 0.05) is 24.1 Å². The van der Waals surface area contributed by atoms with E-state index >= 15 is 0 Å². The van der Waals surface area contributed by atoms with Crippen LogP contribution in [0, 0.1) is 34.5 Å². The molecule has 2 aliphatic carbocycles. The molecule has 0 radical (unpaired) electrons. The van der Waals surface area contributed by atoms with Crippen molar-refractivity contribution < 1.29 is 14.3 Å². The minimum atomic E-state index is -0.0637. The lowest BCUT2D eigenvalue weighted by atomic mass is 9.44. The fourth-order valence-electron chi connectivity index (χ4n) is 6.99. The molecular formula is C26H37N3O3. The van der Waals surface area contributed by atoms with Gasteiger partial charge in [0.05, 0.1) is 14.2 Å². The van der Waals surface area contributed by atoms with Crippen molar-refractivity contribution >= 4 is 5.78 Å². The van der Waals surface area contributed by atoms with Crippen molar-refractivity contribution in [2.45, 2.75) is 59.9 Å². The average molecular weight is 440 g/mol. The predicted octanol–water partition coefficient (Wildman–Crippen LogP) is 5.28. The molecule has 5 atom stereocenters. The highest BCUT2D eigenvalue weighted by Gasteiger charge is 2.58. The fourth-order valence-corrected chi connectivity index (χ4v) is 6.99. The Labute approximate surface area is 191 Å². The third kappa shape index (κ3) is 3.93. The van der Waals surface area contributed by atoms with Crippen LogP contribution in [0.25, 0.3) is 0 Å². The van der Waals surface area contributed by atoms with Gasteiger partial charge in [0.15, 0.2) is 5.78 Å². The van der Waals surface area contributed by atoms with Crippen LogP contribution in [0.5, 0.6) is 11.5 Å². The molecule has 0 bridgehead atoms. The summed E-state index contributed by atoms with van der Waals surface area (Å²) in [6.45, 7) is 10.2. The van der Waals surface area contributed by atoms with Gasteiger partial charge >= 0.3 is 0 Å². The first-order valence-corrected chi connectivity index (χ1v) is 11.8. The molecule has 1 heterocycles. The number of carbonyl (C=O) groups excluding carboxylic acids is 1. The SMILES string of the molecule is COc1cc(OC)cc(C(=O)C2C(C)C(Cn3cncn3)CC3C(C)(C)CCCC23C)c1. The molecule has 0 amide bonds. The first kappa shape index (κ1) is 22.8. The lowest BCUT2D eigenvalue weighted by Gasteiger charge is -2.60. The summed E-state index contributed by atoms with van der Waals surface area (Å²) in [5, 5.41) is 4.36. The number of rotatable bonds is 6. The number of ketones is 1. The molecule has 0 N–H and O–H groups in total. The molecular weight excluding hydrogens is 402 g/mol. The number of ether oxygens (including phenoxy) is 2. The zero-order chi connectivity index (χ0) is 23.1. The van der Waals surface area contributed by atoms with Crippen molar-refractivity contribution in [2.75, 3.05) is 14.2 Å². The summed E-state index contributed by atoms with van der Waals surface area (Å²) < 4.78 is 12.9. The van der Waals surface area contributed by atoms with E-state index in [0.717, 1.165) is 19.4 Å². The maximum Gasteiger partial charge on any atom is 0.167 e. The number of Topliss-reactive ketones (excluding diaryl/α,β-unsaturated/α-hetero) is 1. The van der Waals surface area contributed by atoms with Crippen LogP contribution in [-0.4, -0.2) is 34.8 Å². The van der Waals surface area contributed by atoms with Crippen LogP contribution < -0.4 is 9.47 Å². The molecule has 0 saturated heterocycles. The molecule has 2 aliphatic rings. The van der Waals surface area contributed by atoms with Gasteiger partial charge < -0.3 is 9.47 Å². The quantitative estimate of drug-likeness (QED) is 0.573. The van der Waals surface area contributed by atoms with E-state index in [-0.39, 0.29) is 28.4 Å². The monoisotopic (exact) mass is 439 g/mol. The molecule has 5 unspecified atom stereocenters. The molecule has 4 rings (SSSR count).